The fraction of sp³-hybridized carbons (Fsp3) is 0.750. The molecule has 2 heterocycles. The molecule has 1 aliphatic heterocycles. The summed E-state index contributed by atoms with van der Waals surface area (Å²) in [4.78, 5) is 4.56. The van der Waals surface area contributed by atoms with E-state index in [-0.39, 0.29) is 0 Å². The highest BCUT2D eigenvalue weighted by Gasteiger charge is 2.19. The molecule has 3 heteroatoms. The number of nitrogens with one attached hydrogen (secondary N) is 1. The van der Waals surface area contributed by atoms with Gasteiger partial charge in [0.1, 0.15) is 5.82 Å². The van der Waals surface area contributed by atoms with E-state index in [1.165, 1.54) is 37.2 Å². The Balaban J connectivity index is 2.18. The lowest BCUT2D eigenvalue weighted by atomic mass is 10.0. The monoisotopic (exact) mass is 207 g/mol. The van der Waals surface area contributed by atoms with Crippen LogP contribution in [-0.4, -0.2) is 16.1 Å². The van der Waals surface area contributed by atoms with Crippen LogP contribution in [0.4, 0.5) is 0 Å². The summed E-state index contributed by atoms with van der Waals surface area (Å²) in [7, 11) is 0. The second-order valence-corrected chi connectivity index (χ2v) is 4.41. The van der Waals surface area contributed by atoms with Crippen LogP contribution < -0.4 is 5.32 Å². The van der Waals surface area contributed by atoms with Crippen LogP contribution >= 0.6 is 0 Å². The third kappa shape index (κ3) is 2.23. The van der Waals surface area contributed by atoms with Crippen molar-refractivity contribution in [3.05, 3.63) is 17.7 Å². The summed E-state index contributed by atoms with van der Waals surface area (Å²) in [5, 5.41) is 3.56. The lowest BCUT2D eigenvalue weighted by molar-refractivity contribution is 0.383. The Morgan fingerprint density at radius 1 is 1.53 bits per heavy atom. The van der Waals surface area contributed by atoms with E-state index in [1.54, 1.807) is 0 Å². The van der Waals surface area contributed by atoms with E-state index in [4.69, 9.17) is 0 Å². The molecular weight excluding hydrogens is 186 g/mol. The normalized spacial score (nSPS) is 21.9. The number of nitrogens with zero attached hydrogens (tertiary/aromatic N) is 2. The lowest BCUT2D eigenvalue weighted by Crippen LogP contribution is -2.29. The van der Waals surface area contributed by atoms with Crippen LogP contribution in [-0.2, 0) is 6.54 Å². The zero-order chi connectivity index (χ0) is 10.7. The number of hydrogen-bond acceptors (Lipinski definition) is 2. The molecule has 1 unspecified atom stereocenters. The summed E-state index contributed by atoms with van der Waals surface area (Å²) in [6, 6.07) is 0.485. The molecule has 0 bridgehead atoms. The third-order valence-electron chi connectivity index (χ3n) is 3.16. The van der Waals surface area contributed by atoms with Gasteiger partial charge < -0.3 is 9.88 Å². The van der Waals surface area contributed by atoms with Gasteiger partial charge in [-0.1, -0.05) is 13.3 Å². The Bertz CT molecular complexity index is 311. The molecule has 2 rings (SSSR count). The maximum absolute atomic E-state index is 4.56. The largest absolute Gasteiger partial charge is 0.331 e. The van der Waals surface area contributed by atoms with Crippen molar-refractivity contribution in [2.24, 2.45) is 0 Å². The Kier molecular flexibility index (Phi) is 3.41. The van der Waals surface area contributed by atoms with Crippen molar-refractivity contribution in [2.75, 3.05) is 6.54 Å². The average molecular weight is 207 g/mol. The SMILES string of the molecule is CCCn1c(C)cnc1C1CCCCN1. The molecule has 1 aromatic heterocycles. The zero-order valence-electron chi connectivity index (χ0n) is 9.79. The second kappa shape index (κ2) is 4.79. The van der Waals surface area contributed by atoms with Gasteiger partial charge >= 0.3 is 0 Å². The molecule has 0 saturated carbocycles. The van der Waals surface area contributed by atoms with Crippen LogP contribution in [0.25, 0.3) is 0 Å². The van der Waals surface area contributed by atoms with Gasteiger partial charge in [-0.3, -0.25) is 0 Å². The second-order valence-electron chi connectivity index (χ2n) is 4.41. The van der Waals surface area contributed by atoms with Gasteiger partial charge in [-0.15, -0.1) is 0 Å². The van der Waals surface area contributed by atoms with E-state index in [2.05, 4.69) is 28.7 Å². The molecule has 0 aliphatic carbocycles. The highest BCUT2D eigenvalue weighted by Crippen LogP contribution is 2.22. The fourth-order valence-electron chi connectivity index (χ4n) is 2.34. The van der Waals surface area contributed by atoms with E-state index < -0.39 is 0 Å². The molecule has 1 aromatic rings. The molecule has 0 aromatic carbocycles. The number of rotatable bonds is 3. The summed E-state index contributed by atoms with van der Waals surface area (Å²) in [5.74, 6) is 1.24. The minimum absolute atomic E-state index is 0.485. The van der Waals surface area contributed by atoms with E-state index in [0.717, 1.165) is 13.1 Å². The summed E-state index contributed by atoms with van der Waals surface area (Å²) in [6.45, 7) is 6.61. The molecule has 3 nitrogen and oxygen atoms in total. The van der Waals surface area contributed by atoms with E-state index in [0.29, 0.717) is 6.04 Å². The predicted molar refractivity (Wildman–Crippen MR) is 61.8 cm³/mol. The van der Waals surface area contributed by atoms with Gasteiger partial charge in [-0.25, -0.2) is 4.98 Å². The lowest BCUT2D eigenvalue weighted by Gasteiger charge is -2.24. The van der Waals surface area contributed by atoms with Crippen LogP contribution in [0.1, 0.15) is 50.2 Å². The van der Waals surface area contributed by atoms with Gasteiger partial charge in [-0.05, 0) is 32.7 Å². The van der Waals surface area contributed by atoms with E-state index >= 15 is 0 Å². The highest BCUT2D eigenvalue weighted by atomic mass is 15.1. The van der Waals surface area contributed by atoms with Crippen molar-refractivity contribution in [1.82, 2.24) is 14.9 Å². The summed E-state index contributed by atoms with van der Waals surface area (Å²) in [5.41, 5.74) is 1.29. The van der Waals surface area contributed by atoms with Crippen molar-refractivity contribution in [1.29, 1.82) is 0 Å². The number of aromatic nitrogens is 2. The predicted octanol–water partition coefficient (Wildman–Crippen LogP) is 2.42. The maximum atomic E-state index is 4.56. The minimum Gasteiger partial charge on any atom is -0.331 e. The molecule has 1 saturated heterocycles. The molecule has 0 amide bonds. The van der Waals surface area contributed by atoms with Crippen molar-refractivity contribution in [2.45, 2.75) is 52.1 Å². The first kappa shape index (κ1) is 10.7. The standard InChI is InChI=1S/C12H21N3/c1-3-8-15-10(2)9-14-12(15)11-6-4-5-7-13-11/h9,11,13H,3-8H2,1-2H3. The van der Waals surface area contributed by atoms with Gasteiger partial charge in [0.15, 0.2) is 0 Å². The Labute approximate surface area is 91.9 Å². The summed E-state index contributed by atoms with van der Waals surface area (Å²) >= 11 is 0. The first-order valence-corrected chi connectivity index (χ1v) is 6.08. The van der Waals surface area contributed by atoms with Gasteiger partial charge in [0.2, 0.25) is 0 Å². The Morgan fingerprint density at radius 3 is 3.07 bits per heavy atom. The van der Waals surface area contributed by atoms with Crippen LogP contribution in [0, 0.1) is 6.92 Å². The first-order chi connectivity index (χ1) is 7.33. The molecule has 1 fully saturated rings. The Morgan fingerprint density at radius 2 is 2.40 bits per heavy atom. The van der Waals surface area contributed by atoms with Crippen LogP contribution in [0.15, 0.2) is 6.20 Å². The van der Waals surface area contributed by atoms with Crippen LogP contribution in [0.2, 0.25) is 0 Å². The summed E-state index contributed by atoms with van der Waals surface area (Å²) < 4.78 is 2.36. The summed E-state index contributed by atoms with van der Waals surface area (Å²) in [6.07, 6.45) is 7.05. The molecule has 0 spiro atoms. The zero-order valence-corrected chi connectivity index (χ0v) is 9.79. The quantitative estimate of drug-likeness (QED) is 0.825. The average Bonchev–Trinajstić information content (AvgIpc) is 2.63. The first-order valence-electron chi connectivity index (χ1n) is 6.08. The fourth-order valence-corrected chi connectivity index (χ4v) is 2.34. The van der Waals surface area contributed by atoms with Crippen molar-refractivity contribution in [3.63, 3.8) is 0 Å². The van der Waals surface area contributed by atoms with Gasteiger partial charge in [0, 0.05) is 18.4 Å². The topological polar surface area (TPSA) is 29.9 Å². The van der Waals surface area contributed by atoms with E-state index in [1.807, 2.05) is 6.20 Å². The van der Waals surface area contributed by atoms with Gasteiger partial charge in [-0.2, -0.15) is 0 Å². The minimum atomic E-state index is 0.485. The van der Waals surface area contributed by atoms with Crippen LogP contribution in [0.3, 0.4) is 0 Å². The van der Waals surface area contributed by atoms with Gasteiger partial charge in [0.25, 0.3) is 0 Å². The van der Waals surface area contributed by atoms with Crippen molar-refractivity contribution >= 4 is 0 Å². The molecule has 15 heavy (non-hydrogen) atoms. The molecule has 1 atom stereocenters. The smallest absolute Gasteiger partial charge is 0.126 e. The molecule has 0 radical (unpaired) electrons. The molecule has 84 valence electrons. The molecule has 1 N–H and O–H groups in total. The number of hydrogen-bond donors (Lipinski definition) is 1. The molecular formula is C12H21N3. The molecule has 1 aliphatic rings. The van der Waals surface area contributed by atoms with Gasteiger partial charge in [0.05, 0.1) is 6.04 Å². The highest BCUT2D eigenvalue weighted by molar-refractivity contribution is 5.08. The number of aryl methyl sites for hydroxylation is 1. The maximum Gasteiger partial charge on any atom is 0.126 e. The van der Waals surface area contributed by atoms with E-state index in [9.17, 15) is 0 Å². The van der Waals surface area contributed by atoms with Crippen molar-refractivity contribution in [3.8, 4) is 0 Å². The number of piperidine rings is 1. The van der Waals surface area contributed by atoms with Crippen molar-refractivity contribution < 1.29 is 0 Å². The Hall–Kier alpha value is -0.830. The third-order valence-corrected chi connectivity index (χ3v) is 3.16. The van der Waals surface area contributed by atoms with Crippen LogP contribution in [0.5, 0.6) is 0 Å². The number of imidazole rings is 1.